The molecule has 5 fully saturated rings. The second-order valence-corrected chi connectivity index (χ2v) is 17.2. The van der Waals surface area contributed by atoms with Gasteiger partial charge in [-0.05, 0) is 61.7 Å². The number of aliphatic carboxylic acids is 2. The summed E-state index contributed by atoms with van der Waals surface area (Å²) in [7, 11) is -0.606. The van der Waals surface area contributed by atoms with Gasteiger partial charge < -0.3 is 51.4 Å². The number of hydrogen-bond donors (Lipinski definition) is 7. The van der Waals surface area contributed by atoms with Crippen molar-refractivity contribution in [1.29, 1.82) is 0 Å². The summed E-state index contributed by atoms with van der Waals surface area (Å²) in [6.07, 6.45) is 1.91. The minimum atomic E-state index is -1.50. The van der Waals surface area contributed by atoms with E-state index >= 15 is 0 Å². The lowest BCUT2D eigenvalue weighted by atomic mass is 9.39. The van der Waals surface area contributed by atoms with E-state index in [-0.39, 0.29) is 35.4 Å². The number of carbonyl (C=O) groups is 7. The number of nitrogens with zero attached hydrogens (tertiary/aromatic N) is 1. The van der Waals surface area contributed by atoms with Crippen LogP contribution in [0.4, 0.5) is 0 Å². The van der Waals surface area contributed by atoms with Crippen LogP contribution in [0.2, 0.25) is 0 Å². The predicted octanol–water partition coefficient (Wildman–Crippen LogP) is 0.573. The Hall–Kier alpha value is -3.77. The fraction of sp³-hybridized carbons (Fsp3) is 0.811. The van der Waals surface area contributed by atoms with E-state index in [1.165, 1.54) is 4.90 Å². The topological polar surface area (TPSA) is 256 Å². The molecule has 0 spiro atoms. The summed E-state index contributed by atoms with van der Waals surface area (Å²) in [4.78, 5) is 91.5. The molecule has 10 atom stereocenters. The first kappa shape index (κ1) is 44.0. The van der Waals surface area contributed by atoms with E-state index in [4.69, 9.17) is 20.1 Å². The van der Waals surface area contributed by atoms with Crippen molar-refractivity contribution < 1.29 is 53.1 Å². The monoisotopic (exact) mass is 776 g/mol. The van der Waals surface area contributed by atoms with E-state index in [9.17, 15) is 38.7 Å². The third-order valence-corrected chi connectivity index (χ3v) is 12.7. The van der Waals surface area contributed by atoms with E-state index in [1.807, 2.05) is 6.92 Å². The fourth-order valence-electron chi connectivity index (χ4n) is 8.71. The van der Waals surface area contributed by atoms with Crippen LogP contribution in [-0.4, -0.2) is 119 Å². The van der Waals surface area contributed by atoms with Crippen LogP contribution < -0.4 is 27.0 Å². The molecule has 2 saturated heterocycles. The molecule has 3 saturated carbocycles. The molecule has 18 heteroatoms. The molecule has 2 bridgehead atoms. The van der Waals surface area contributed by atoms with Gasteiger partial charge in [-0.15, -0.1) is 0 Å². The van der Waals surface area contributed by atoms with Crippen LogP contribution in [0.5, 0.6) is 0 Å². The van der Waals surface area contributed by atoms with Crippen molar-refractivity contribution in [3.05, 3.63) is 0 Å². The quantitative estimate of drug-likeness (QED) is 0.0944. The molecule has 5 amide bonds. The Morgan fingerprint density at radius 1 is 0.873 bits per heavy atom. The molecular weight excluding hydrogens is 715 g/mol. The zero-order valence-electron chi connectivity index (χ0n) is 33.4. The maximum atomic E-state index is 14.1. The first-order valence-electron chi connectivity index (χ1n) is 19.6. The number of likely N-dealkylation sites (tertiary alicyclic amines) is 1. The lowest BCUT2D eigenvalue weighted by Gasteiger charge is -2.67. The number of hydrogen-bond acceptors (Lipinski definition) is 10. The van der Waals surface area contributed by atoms with Crippen LogP contribution in [0.15, 0.2) is 0 Å². The van der Waals surface area contributed by atoms with Crippen LogP contribution in [0.3, 0.4) is 0 Å². The number of rotatable bonds is 18. The number of carbonyl (C=O) groups excluding carboxylic acids is 5. The molecule has 0 unspecified atom stereocenters. The SMILES string of the molecule is CC[C@H](NC(=O)[C@@H]1CCCN1C(=O)[C@@H](NC(=O)[C@@H](NC(=O)[C@H](CCC(=O)O)NC(=O)[C@@H](N)CC(=O)O)C(C)C)C(C)C)B1O[C@@H]2[C@@H](C[C@@H]3C[C@@]2(C)C3(C)C)O1. The highest BCUT2D eigenvalue weighted by atomic mass is 16.7. The Morgan fingerprint density at radius 3 is 2.07 bits per heavy atom. The summed E-state index contributed by atoms with van der Waals surface area (Å²) in [5, 5.41) is 28.9. The first-order valence-corrected chi connectivity index (χ1v) is 19.6. The fourth-order valence-corrected chi connectivity index (χ4v) is 8.71. The van der Waals surface area contributed by atoms with Crippen LogP contribution in [-0.2, 0) is 42.9 Å². The van der Waals surface area contributed by atoms with Gasteiger partial charge in [0.25, 0.3) is 0 Å². The Morgan fingerprint density at radius 2 is 1.51 bits per heavy atom. The number of nitrogens with one attached hydrogen (secondary N) is 4. The van der Waals surface area contributed by atoms with Gasteiger partial charge >= 0.3 is 19.1 Å². The minimum Gasteiger partial charge on any atom is -0.481 e. The maximum Gasteiger partial charge on any atom is 0.481 e. The lowest BCUT2D eigenvalue weighted by molar-refractivity contribution is -0.220. The molecule has 3 aliphatic carbocycles. The Balaban J connectivity index is 1.41. The van der Waals surface area contributed by atoms with Gasteiger partial charge in [0, 0.05) is 18.4 Å². The second-order valence-electron chi connectivity index (χ2n) is 17.2. The van der Waals surface area contributed by atoms with Crippen molar-refractivity contribution in [3.8, 4) is 0 Å². The number of carboxylic acid groups (broad SMARTS) is 2. The Bertz CT molecular complexity index is 1490. The van der Waals surface area contributed by atoms with Gasteiger partial charge in [0.05, 0.1) is 30.6 Å². The van der Waals surface area contributed by atoms with Gasteiger partial charge in [-0.2, -0.15) is 0 Å². The normalized spacial score (nSPS) is 27.9. The smallest absolute Gasteiger partial charge is 0.481 e. The summed E-state index contributed by atoms with van der Waals surface area (Å²) in [6, 6.07) is -5.99. The Labute approximate surface area is 323 Å². The highest BCUT2D eigenvalue weighted by Gasteiger charge is 2.69. The standard InChI is InChI=1S/C37H61BN6O11/c1-9-25(38-54-24-15-20-17-37(8,30(24)55-38)36(20,6)7)41-33(51)23-11-10-14-44(23)35(53)29(19(4)5)43-34(52)28(18(2)3)42-32(50)22(12-13-26(45)46)40-31(49)21(39)16-27(47)48/h18-25,28-30H,9-17,39H2,1-8H3,(H,40,49)(H,41,51)(H,42,50)(H,43,52)(H,45,46)(H,47,48)/t20-,21+,22+,23+,24-,25+,28+,29+,30-,37-/m1/s1. The average molecular weight is 777 g/mol. The molecule has 5 aliphatic rings. The highest BCUT2D eigenvalue weighted by Crippen LogP contribution is 2.69. The van der Waals surface area contributed by atoms with Gasteiger partial charge in [0.15, 0.2) is 0 Å². The highest BCUT2D eigenvalue weighted by molar-refractivity contribution is 6.47. The van der Waals surface area contributed by atoms with Crippen molar-refractivity contribution in [3.63, 3.8) is 0 Å². The number of carboxylic acids is 2. The molecule has 2 aliphatic heterocycles. The van der Waals surface area contributed by atoms with E-state index in [0.29, 0.717) is 31.7 Å². The van der Waals surface area contributed by atoms with Gasteiger partial charge in [-0.1, -0.05) is 55.4 Å². The Kier molecular flexibility index (Phi) is 14.0. The first-order chi connectivity index (χ1) is 25.6. The molecule has 0 radical (unpaired) electrons. The molecule has 5 rings (SSSR count). The van der Waals surface area contributed by atoms with E-state index in [1.54, 1.807) is 27.7 Å². The molecule has 0 aromatic rings. The zero-order chi connectivity index (χ0) is 41.2. The van der Waals surface area contributed by atoms with Gasteiger partial charge in [0.2, 0.25) is 29.5 Å². The summed E-state index contributed by atoms with van der Waals surface area (Å²) in [5.41, 5.74) is 5.78. The maximum absolute atomic E-state index is 14.1. The molecular formula is C37H61BN6O11. The van der Waals surface area contributed by atoms with Gasteiger partial charge in [0.1, 0.15) is 24.2 Å². The van der Waals surface area contributed by atoms with Crippen molar-refractivity contribution in [1.82, 2.24) is 26.2 Å². The molecule has 0 aromatic heterocycles. The zero-order valence-corrected chi connectivity index (χ0v) is 33.4. The summed E-state index contributed by atoms with van der Waals surface area (Å²) in [5.74, 6) is -6.70. The van der Waals surface area contributed by atoms with Crippen LogP contribution >= 0.6 is 0 Å². The third-order valence-electron chi connectivity index (χ3n) is 12.7. The molecule has 55 heavy (non-hydrogen) atoms. The third kappa shape index (κ3) is 9.45. The van der Waals surface area contributed by atoms with E-state index in [0.717, 1.165) is 12.8 Å². The van der Waals surface area contributed by atoms with E-state index in [2.05, 4.69) is 42.0 Å². The minimum absolute atomic E-state index is 0.00454. The van der Waals surface area contributed by atoms with E-state index < -0.39 is 104 Å². The van der Waals surface area contributed by atoms with Gasteiger partial charge in [-0.3, -0.25) is 33.6 Å². The molecule has 308 valence electrons. The largest absolute Gasteiger partial charge is 0.481 e. The summed E-state index contributed by atoms with van der Waals surface area (Å²) < 4.78 is 13.0. The van der Waals surface area contributed by atoms with Crippen LogP contribution in [0.25, 0.3) is 0 Å². The van der Waals surface area contributed by atoms with Crippen LogP contribution in [0, 0.1) is 28.6 Å². The van der Waals surface area contributed by atoms with Crippen molar-refractivity contribution >= 4 is 48.6 Å². The van der Waals surface area contributed by atoms with Crippen molar-refractivity contribution in [2.75, 3.05) is 6.54 Å². The molecule has 17 nitrogen and oxygen atoms in total. The molecule has 8 N–H and O–H groups in total. The summed E-state index contributed by atoms with van der Waals surface area (Å²) >= 11 is 0. The lowest BCUT2D eigenvalue weighted by Crippen LogP contribution is -2.66. The molecule has 2 heterocycles. The van der Waals surface area contributed by atoms with Crippen molar-refractivity contribution in [2.45, 2.75) is 155 Å². The molecule has 0 aromatic carbocycles. The van der Waals surface area contributed by atoms with Crippen molar-refractivity contribution in [2.24, 2.45) is 34.3 Å². The second kappa shape index (κ2) is 17.6. The predicted molar refractivity (Wildman–Crippen MR) is 200 cm³/mol. The van der Waals surface area contributed by atoms with Gasteiger partial charge in [-0.25, -0.2) is 0 Å². The number of amides is 5. The average Bonchev–Trinajstić information content (AvgIpc) is 3.77. The number of nitrogens with two attached hydrogens (primary N) is 1. The van der Waals surface area contributed by atoms with Crippen LogP contribution in [0.1, 0.15) is 107 Å². The summed E-state index contributed by atoms with van der Waals surface area (Å²) in [6.45, 7) is 15.9.